The maximum Gasteiger partial charge on any atom is 0.240 e. The number of primary amides is 2. The van der Waals surface area contributed by atoms with Gasteiger partial charge in [-0.25, -0.2) is 0 Å². The zero-order chi connectivity index (χ0) is 94.3. The zero-order valence-corrected chi connectivity index (χ0v) is 75.3. The number of Topliss-reactive ketones (excluding diaryl/α,β-unsaturated/α-hetero) is 6. The molecule has 0 aromatic heterocycles. The second kappa shape index (κ2) is 53.3. The molecule has 2 aliphatic carbocycles. The van der Waals surface area contributed by atoms with Crippen LogP contribution in [0.2, 0.25) is 0 Å². The molecule has 0 unspecified atom stereocenters. The van der Waals surface area contributed by atoms with Crippen LogP contribution in [0.4, 0.5) is 0 Å². The number of aromatic hydroxyl groups is 2. The van der Waals surface area contributed by atoms with Crippen molar-refractivity contribution >= 4 is 93.9 Å². The van der Waals surface area contributed by atoms with E-state index in [2.05, 4.69) is 41.9 Å². The van der Waals surface area contributed by atoms with Gasteiger partial charge in [-0.2, -0.15) is 0 Å². The molecule has 8 atom stereocenters. The fourth-order valence-corrected chi connectivity index (χ4v) is 15.4. The van der Waals surface area contributed by atoms with Crippen LogP contribution in [-0.2, 0) is 92.8 Å². The Morgan fingerprint density at radius 3 is 1.17 bits per heavy atom. The lowest BCUT2D eigenvalue weighted by Gasteiger charge is -2.25. The number of aryl methyl sites for hydroxylation is 4. The Kier molecular flexibility index (Phi) is 44.3. The number of guanidine groups is 2. The number of phenols is 2. The number of hydrogen-bond donors (Lipinski definition) is 16. The molecular weight excluding hydrogens is 1620 g/mol. The lowest BCUT2D eigenvalue weighted by Crippen LogP contribution is -2.51. The van der Waals surface area contributed by atoms with E-state index in [4.69, 9.17) is 45.9 Å². The number of carbonyl (C=O) groups is 14. The van der Waals surface area contributed by atoms with Gasteiger partial charge >= 0.3 is 0 Å². The molecule has 127 heavy (non-hydrogen) atoms. The minimum absolute atomic E-state index is 0.0560. The van der Waals surface area contributed by atoms with Crippen molar-refractivity contribution in [3.05, 3.63) is 174 Å². The van der Waals surface area contributed by atoms with Crippen molar-refractivity contribution in [3.63, 3.8) is 0 Å². The highest BCUT2D eigenvalue weighted by Crippen LogP contribution is 2.31. The van der Waals surface area contributed by atoms with Crippen LogP contribution in [0.25, 0.3) is 0 Å². The third-order valence-corrected chi connectivity index (χ3v) is 23.3. The molecule has 0 radical (unpaired) electrons. The van der Waals surface area contributed by atoms with Gasteiger partial charge < -0.3 is 82.7 Å². The van der Waals surface area contributed by atoms with E-state index < -0.39 is 95.1 Å². The summed E-state index contributed by atoms with van der Waals surface area (Å²) in [5.41, 5.74) is 56.2. The van der Waals surface area contributed by atoms with E-state index in [0.29, 0.717) is 170 Å². The number of aliphatic imine (C=N–C) groups is 2. The molecule has 0 bridgehead atoms. The number of benzene rings is 4. The van der Waals surface area contributed by atoms with Crippen molar-refractivity contribution in [2.45, 2.75) is 266 Å². The SMILES string of the molecule is CC1=C(C)C(=O)C(CCCCC(=O)NC(N)=NCCC[C@@H](N)C(=O)N[C@@H](Cc2c(C)cc(O)cc2C)C(=O)C[C@@H](CCCCN)C(=O)N[C@@H](Cc2ccccc2)C(N)=O)=C(C)C1=O.CC1=C(C)C(=O)C(CCCCCC(=O)NCCCC[C@H](CC(=O)[C@H](Cc2c(C)cc(O)cc2C)NC(=O)[C@H](N)CCCN=C(N)N)C(=O)N[C@@H](Cc2ccccc2)C(N)=O)=C(C)C1=O. The highest BCUT2D eigenvalue weighted by Gasteiger charge is 2.36. The third-order valence-electron chi connectivity index (χ3n) is 23.3. The number of amides is 8. The molecule has 6 rings (SSSR count). The van der Waals surface area contributed by atoms with Crippen molar-refractivity contribution in [1.29, 1.82) is 0 Å². The van der Waals surface area contributed by atoms with Crippen molar-refractivity contribution in [3.8, 4) is 11.5 Å². The number of allylic oxidation sites excluding steroid dienone is 8. The summed E-state index contributed by atoms with van der Waals surface area (Å²) in [4.78, 5) is 192. The molecule has 8 amide bonds. The maximum atomic E-state index is 14.3. The smallest absolute Gasteiger partial charge is 0.240 e. The summed E-state index contributed by atoms with van der Waals surface area (Å²) in [5.74, 6) is -7.36. The number of nitrogens with zero attached hydrogens (tertiary/aromatic N) is 2. The van der Waals surface area contributed by atoms with Crippen LogP contribution < -0.4 is 77.8 Å². The van der Waals surface area contributed by atoms with Crippen LogP contribution in [-0.4, -0.2) is 167 Å². The summed E-state index contributed by atoms with van der Waals surface area (Å²) in [5, 5.41) is 36.9. The molecule has 32 heteroatoms. The first-order chi connectivity index (χ1) is 60.1. The number of unbranched alkanes of at least 4 members (excludes halogenated alkanes) is 5. The zero-order valence-electron chi connectivity index (χ0n) is 75.3. The first-order valence-corrected chi connectivity index (χ1v) is 43.7. The minimum atomic E-state index is -1.10. The van der Waals surface area contributed by atoms with Crippen molar-refractivity contribution in [1.82, 2.24) is 31.9 Å². The predicted octanol–water partition coefficient (Wildman–Crippen LogP) is 6.10. The highest BCUT2D eigenvalue weighted by atomic mass is 16.3. The average molecular weight is 1760 g/mol. The largest absolute Gasteiger partial charge is 0.508 e. The topological polar surface area (TPSA) is 584 Å². The van der Waals surface area contributed by atoms with Gasteiger partial charge in [0.15, 0.2) is 46.6 Å². The monoisotopic (exact) mass is 1760 g/mol. The highest BCUT2D eigenvalue weighted by molar-refractivity contribution is 6.25. The fourth-order valence-electron chi connectivity index (χ4n) is 15.4. The van der Waals surface area contributed by atoms with Crippen molar-refractivity contribution < 1.29 is 77.3 Å². The Hall–Kier alpha value is -12.2. The molecule has 0 saturated carbocycles. The minimum Gasteiger partial charge on any atom is -0.508 e. The number of rotatable bonds is 52. The lowest BCUT2D eigenvalue weighted by molar-refractivity contribution is -0.133. The molecular formula is C95H134N16O16. The summed E-state index contributed by atoms with van der Waals surface area (Å²) in [7, 11) is 0. The molecule has 32 nitrogen and oxygen atoms in total. The van der Waals surface area contributed by atoms with E-state index in [1.165, 1.54) is 0 Å². The standard InChI is InChI=1S/C48H68N8O8.C47H66N8O8/c1-28-23-35(57)24-29(2)37(28)27-39(55-47(64)38(49)19-14-22-54-48(51)52)41(58)26-34(46(63)56-40(45(50)62)25-33-15-8-6-9-16-33)17-12-13-21-53-42(59)20-11-7-10-18-36-32(5)43(60)30(3)31(4)44(36)61;1-27-22-34(56)23-28(2)36(27)26-38(40(57)25-33(16-11-12-20-48)45(62)54-39(44(50)61)24-32-14-7-6-8-15-32)53-46(63)37(49)18-13-21-52-47(51)55-41(58)19-10-9-17-35-31(5)42(59)29(3)30(4)43(35)60/h6,8-9,15-16,23-24,34,38-40,57H,7,10-14,17-22,25-27,49H2,1-5H3,(H2,50,62)(H,53,59)(H,55,64)(H,56,63)(H4,51,52,54);6-8,14-15,22-23,33,37-39,56H,9-13,16-21,24-26,48-49H2,1-5H3,(H2,50,61)(H,53,63)(H,54,62)(H3,51,52,55,58)/t34-,38-,39+,40+;33-,37-,38+,39+/m11/s1. The first kappa shape index (κ1) is 105. The number of nitrogens with two attached hydrogens (primary N) is 8. The van der Waals surface area contributed by atoms with E-state index >= 15 is 0 Å². The van der Waals surface area contributed by atoms with Gasteiger partial charge in [-0.05, 0) is 234 Å². The van der Waals surface area contributed by atoms with Crippen molar-refractivity contribution in [2.24, 2.45) is 67.7 Å². The molecule has 24 N–H and O–H groups in total. The van der Waals surface area contributed by atoms with E-state index in [1.807, 2.05) is 48.5 Å². The molecule has 690 valence electrons. The normalized spacial score (nSPS) is 14.9. The quantitative estimate of drug-likeness (QED) is 0.0103. The summed E-state index contributed by atoms with van der Waals surface area (Å²) in [6, 6.07) is 18.1. The molecule has 0 aliphatic heterocycles. The maximum absolute atomic E-state index is 14.3. The molecule has 4 aromatic rings. The number of nitrogens with one attached hydrogen (secondary N) is 6. The summed E-state index contributed by atoms with van der Waals surface area (Å²) < 4.78 is 0. The Bertz CT molecular complexity index is 4750. The summed E-state index contributed by atoms with van der Waals surface area (Å²) in [6.07, 6.45) is 7.87. The first-order valence-electron chi connectivity index (χ1n) is 43.7. The van der Waals surface area contributed by atoms with Gasteiger partial charge in [0.25, 0.3) is 0 Å². The average Bonchev–Trinajstić information content (AvgIpc) is 0.805. The van der Waals surface area contributed by atoms with Crippen LogP contribution in [0.1, 0.15) is 221 Å². The lowest BCUT2D eigenvalue weighted by atomic mass is 9.84. The molecule has 0 spiro atoms. The predicted molar refractivity (Wildman–Crippen MR) is 488 cm³/mol. The van der Waals surface area contributed by atoms with E-state index in [0.717, 1.165) is 22.3 Å². The Balaban J connectivity index is 0.000000450. The van der Waals surface area contributed by atoms with Crippen LogP contribution in [0.5, 0.6) is 11.5 Å². The molecule has 0 fully saturated rings. The number of ketones is 6. The van der Waals surface area contributed by atoms with Gasteiger partial charge in [0, 0.05) is 127 Å². The van der Waals surface area contributed by atoms with Crippen LogP contribution in [0, 0.1) is 39.5 Å². The summed E-state index contributed by atoms with van der Waals surface area (Å²) in [6.45, 7) is 18.2. The number of carbonyl (C=O) groups excluding carboxylic acids is 14. The molecule has 0 heterocycles. The van der Waals surface area contributed by atoms with E-state index in [-0.39, 0.29) is 142 Å². The van der Waals surface area contributed by atoms with Gasteiger partial charge in [-0.15, -0.1) is 0 Å². The van der Waals surface area contributed by atoms with Gasteiger partial charge in [0.1, 0.15) is 23.6 Å². The Morgan fingerprint density at radius 2 is 0.764 bits per heavy atom. The molecule has 2 aliphatic rings. The van der Waals surface area contributed by atoms with Gasteiger partial charge in [-0.3, -0.25) is 82.4 Å². The number of hydrogen-bond acceptors (Lipinski definition) is 21. The van der Waals surface area contributed by atoms with Crippen molar-refractivity contribution in [2.75, 3.05) is 26.2 Å². The van der Waals surface area contributed by atoms with Crippen LogP contribution in [0.15, 0.2) is 139 Å². The third kappa shape index (κ3) is 35.0. The van der Waals surface area contributed by atoms with E-state index in [1.54, 1.807) is 106 Å². The molecule has 0 saturated heterocycles. The Morgan fingerprint density at radius 1 is 0.394 bits per heavy atom. The van der Waals surface area contributed by atoms with Crippen LogP contribution in [0.3, 0.4) is 0 Å². The second-order valence-corrected chi connectivity index (χ2v) is 33.2. The van der Waals surface area contributed by atoms with E-state index in [9.17, 15) is 77.3 Å². The summed E-state index contributed by atoms with van der Waals surface area (Å²) >= 11 is 0. The van der Waals surface area contributed by atoms with Gasteiger partial charge in [0.2, 0.25) is 47.3 Å². The second-order valence-electron chi connectivity index (χ2n) is 33.2. The van der Waals surface area contributed by atoms with Gasteiger partial charge in [0.05, 0.1) is 24.2 Å². The number of phenolic OH excluding ortho intramolecular Hbond substituents is 2. The fraction of sp³-hybridized carbons (Fsp3) is 0.495. The Labute approximate surface area is 744 Å². The molecule has 4 aromatic carbocycles. The van der Waals surface area contributed by atoms with Gasteiger partial charge in [-0.1, -0.05) is 79.9 Å². The van der Waals surface area contributed by atoms with Crippen LogP contribution >= 0.6 is 0 Å².